The number of halogens is 3. The van der Waals surface area contributed by atoms with Crippen molar-refractivity contribution in [3.63, 3.8) is 0 Å². The summed E-state index contributed by atoms with van der Waals surface area (Å²) in [5, 5.41) is 11.0. The Balaban J connectivity index is 0.000000891. The second-order valence-corrected chi connectivity index (χ2v) is 10.4. The molecule has 0 aliphatic rings. The first kappa shape index (κ1) is 21.7. The predicted octanol–water partition coefficient (Wildman–Crippen LogP) is 6.78. The van der Waals surface area contributed by atoms with Crippen LogP contribution in [0.5, 0.6) is 5.75 Å². The molecule has 0 amide bonds. The van der Waals surface area contributed by atoms with Crippen LogP contribution in [0.1, 0.15) is 37.5 Å². The van der Waals surface area contributed by atoms with E-state index >= 15 is 0 Å². The Kier molecular flexibility index (Phi) is 9.02. The second-order valence-electron chi connectivity index (χ2n) is 6.28. The Morgan fingerprint density at radius 1 is 1.12 bits per heavy atom. The zero-order chi connectivity index (χ0) is 18.3. The van der Waals surface area contributed by atoms with Gasteiger partial charge in [0.1, 0.15) is 5.75 Å². The molecule has 0 heterocycles. The molecule has 0 saturated heterocycles. The van der Waals surface area contributed by atoms with E-state index in [-0.39, 0.29) is 11.2 Å². The predicted molar refractivity (Wildman–Crippen MR) is 102 cm³/mol. The Labute approximate surface area is 167 Å². The van der Waals surface area contributed by atoms with Crippen LogP contribution in [0.15, 0.2) is 41.4 Å². The number of hydrogen-bond donors (Lipinski definition) is 1. The quantitative estimate of drug-likeness (QED) is 0.489. The molecular formula is C18H20Cl3NOZr. The van der Waals surface area contributed by atoms with Crippen molar-refractivity contribution in [2.75, 3.05) is 0 Å². The second kappa shape index (κ2) is 9.97. The van der Waals surface area contributed by atoms with E-state index in [1.807, 2.05) is 43.3 Å². The first-order valence-corrected chi connectivity index (χ1v) is 14.0. The van der Waals surface area contributed by atoms with Crippen molar-refractivity contribution in [1.29, 1.82) is 0 Å². The van der Waals surface area contributed by atoms with E-state index in [0.29, 0.717) is 16.3 Å². The molecule has 0 radical (unpaired) electrons. The van der Waals surface area contributed by atoms with Crippen LogP contribution >= 0.6 is 28.6 Å². The molecule has 2 nitrogen and oxygen atoms in total. The van der Waals surface area contributed by atoms with Gasteiger partial charge in [-0.05, 0) is 41.7 Å². The number of para-hydroxylation sites is 1. The molecule has 2 rings (SSSR count). The van der Waals surface area contributed by atoms with Gasteiger partial charge in [0, 0.05) is 11.8 Å². The molecule has 6 heteroatoms. The SMILES string of the molecule is Cc1ccc(N=Cc2cccc(C(C)(C)C)c2O)c(Cl)c1.[Cl][Zr][Cl]. The molecule has 0 bridgehead atoms. The first-order chi connectivity index (χ1) is 11.2. The third kappa shape index (κ3) is 6.52. The van der Waals surface area contributed by atoms with Gasteiger partial charge < -0.3 is 5.11 Å². The summed E-state index contributed by atoms with van der Waals surface area (Å²) in [6.07, 6.45) is 1.65. The Bertz CT molecular complexity index is 712. The summed E-state index contributed by atoms with van der Waals surface area (Å²) in [6.45, 7) is 8.19. The number of hydrogen-bond acceptors (Lipinski definition) is 2. The average Bonchev–Trinajstić information content (AvgIpc) is 2.47. The van der Waals surface area contributed by atoms with Crippen molar-refractivity contribution in [2.24, 2.45) is 4.99 Å². The standard InChI is InChI=1S/C18H20ClNO.2ClH.Zr/c1-12-8-9-16(15(19)10-12)20-11-13-6-5-7-14(17(13)21)18(2,3)4;;;/h5-11,21H,1-4H3;2*1H;/q;;;+2/p-2. The number of aliphatic imine (C=N–C) groups is 1. The number of rotatable bonds is 2. The Morgan fingerprint density at radius 3 is 2.29 bits per heavy atom. The number of phenols is 1. The van der Waals surface area contributed by atoms with Gasteiger partial charge in [-0.3, -0.25) is 4.99 Å². The van der Waals surface area contributed by atoms with E-state index < -0.39 is 20.8 Å². The fourth-order valence-corrected chi connectivity index (χ4v) is 2.41. The van der Waals surface area contributed by atoms with Crippen molar-refractivity contribution in [3.8, 4) is 5.75 Å². The van der Waals surface area contributed by atoms with Gasteiger partial charge in [0.25, 0.3) is 0 Å². The van der Waals surface area contributed by atoms with Crippen molar-refractivity contribution in [1.82, 2.24) is 0 Å². The zero-order valence-corrected chi connectivity index (χ0v) is 18.8. The van der Waals surface area contributed by atoms with Crippen molar-refractivity contribution < 1.29 is 26.0 Å². The van der Waals surface area contributed by atoms with Gasteiger partial charge in [-0.1, -0.05) is 50.6 Å². The fourth-order valence-electron chi connectivity index (χ4n) is 2.13. The van der Waals surface area contributed by atoms with Crippen LogP contribution < -0.4 is 0 Å². The molecule has 128 valence electrons. The van der Waals surface area contributed by atoms with Crippen molar-refractivity contribution in [3.05, 3.63) is 58.1 Å². The van der Waals surface area contributed by atoms with E-state index in [1.54, 1.807) is 6.21 Å². The van der Waals surface area contributed by atoms with Crippen molar-refractivity contribution >= 4 is 40.5 Å². The van der Waals surface area contributed by atoms with E-state index in [0.717, 1.165) is 11.1 Å². The van der Waals surface area contributed by atoms with Gasteiger partial charge in [0.05, 0.1) is 10.7 Å². The molecule has 0 spiro atoms. The molecule has 24 heavy (non-hydrogen) atoms. The molecule has 0 aliphatic heterocycles. The fraction of sp³-hybridized carbons (Fsp3) is 0.278. The summed E-state index contributed by atoms with van der Waals surface area (Å²) in [5.74, 6) is 0.275. The van der Waals surface area contributed by atoms with Gasteiger partial charge in [-0.15, -0.1) is 0 Å². The summed E-state index contributed by atoms with van der Waals surface area (Å²) in [6, 6.07) is 11.4. The molecule has 0 aliphatic carbocycles. The summed E-state index contributed by atoms with van der Waals surface area (Å²) in [7, 11) is 9.87. The molecule has 0 unspecified atom stereocenters. The minimum atomic E-state index is -0.826. The summed E-state index contributed by atoms with van der Waals surface area (Å²) in [5.41, 5.74) is 3.27. The summed E-state index contributed by atoms with van der Waals surface area (Å²) in [4.78, 5) is 4.38. The van der Waals surface area contributed by atoms with Crippen LogP contribution in [-0.4, -0.2) is 11.3 Å². The molecule has 0 atom stereocenters. The summed E-state index contributed by atoms with van der Waals surface area (Å²) < 4.78 is 0. The van der Waals surface area contributed by atoms with Gasteiger partial charge in [0.15, 0.2) is 0 Å². The van der Waals surface area contributed by atoms with E-state index in [2.05, 4.69) is 25.8 Å². The van der Waals surface area contributed by atoms with E-state index in [4.69, 9.17) is 28.6 Å². The third-order valence-corrected chi connectivity index (χ3v) is 3.62. The Hall–Kier alpha value is -0.337. The first-order valence-electron chi connectivity index (χ1n) is 7.29. The molecule has 0 saturated carbocycles. The Morgan fingerprint density at radius 2 is 1.75 bits per heavy atom. The molecule has 2 aromatic carbocycles. The van der Waals surface area contributed by atoms with Gasteiger partial charge in [-0.25, -0.2) is 0 Å². The zero-order valence-electron chi connectivity index (χ0n) is 14.1. The van der Waals surface area contributed by atoms with Crippen LogP contribution in [0, 0.1) is 6.92 Å². The average molecular weight is 464 g/mol. The number of phenolic OH excluding ortho intramolecular Hbond substituents is 1. The molecule has 1 N–H and O–H groups in total. The molecule has 0 aromatic heterocycles. The molecular weight excluding hydrogens is 444 g/mol. The van der Waals surface area contributed by atoms with Crippen LogP contribution in [0.4, 0.5) is 5.69 Å². The number of benzene rings is 2. The number of aromatic hydroxyl groups is 1. The van der Waals surface area contributed by atoms with Crippen LogP contribution in [0.25, 0.3) is 0 Å². The van der Waals surface area contributed by atoms with Gasteiger partial charge in [-0.2, -0.15) is 0 Å². The minimum absolute atomic E-state index is 0.116. The van der Waals surface area contributed by atoms with Crippen LogP contribution in [0.2, 0.25) is 5.02 Å². The van der Waals surface area contributed by atoms with Gasteiger partial charge in [0.2, 0.25) is 0 Å². The van der Waals surface area contributed by atoms with Crippen LogP contribution in [-0.2, 0) is 26.3 Å². The van der Waals surface area contributed by atoms with Crippen molar-refractivity contribution in [2.45, 2.75) is 33.1 Å². The maximum atomic E-state index is 10.4. The normalized spacial score (nSPS) is 11.1. The maximum absolute atomic E-state index is 10.4. The van der Waals surface area contributed by atoms with Crippen LogP contribution in [0.3, 0.4) is 0 Å². The molecule has 2 aromatic rings. The number of aryl methyl sites for hydroxylation is 1. The molecule has 0 fully saturated rings. The summed E-state index contributed by atoms with van der Waals surface area (Å²) >= 11 is 5.34. The van der Waals surface area contributed by atoms with Gasteiger partial charge >= 0.3 is 37.9 Å². The number of nitrogens with zero attached hydrogens (tertiary/aromatic N) is 1. The van der Waals surface area contributed by atoms with E-state index in [1.165, 1.54) is 0 Å². The topological polar surface area (TPSA) is 32.6 Å². The monoisotopic (exact) mass is 461 g/mol. The third-order valence-electron chi connectivity index (χ3n) is 3.32. The van der Waals surface area contributed by atoms with E-state index in [9.17, 15) is 5.11 Å².